The van der Waals surface area contributed by atoms with Crippen molar-refractivity contribution in [2.24, 2.45) is 0 Å². The second-order valence-corrected chi connectivity index (χ2v) is 5.80. The van der Waals surface area contributed by atoms with Crippen LogP contribution in [0.25, 0.3) is 0 Å². The fourth-order valence-electron chi connectivity index (χ4n) is 2.46. The van der Waals surface area contributed by atoms with E-state index in [0.717, 1.165) is 16.9 Å². The monoisotopic (exact) mass is 285 g/mol. The molecule has 0 aromatic heterocycles. The zero-order chi connectivity index (χ0) is 14.8. The molecule has 0 atom stereocenters. The first-order valence-corrected chi connectivity index (χ1v) is 7.39. The summed E-state index contributed by atoms with van der Waals surface area (Å²) < 4.78 is 20.0. The smallest absolute Gasteiger partial charge is 0.134 e. The highest BCUT2D eigenvalue weighted by Crippen LogP contribution is 2.29. The van der Waals surface area contributed by atoms with Gasteiger partial charge in [-0.15, -0.1) is 0 Å². The number of hydrogen-bond acceptors (Lipinski definition) is 2. The molecule has 1 N–H and O–H groups in total. The van der Waals surface area contributed by atoms with Crippen molar-refractivity contribution in [2.45, 2.75) is 39.3 Å². The SMILES string of the molecule is Cc1cc(C)cc(Oc2cccc(F)c2CNC2CC2)c1. The van der Waals surface area contributed by atoms with Gasteiger partial charge < -0.3 is 10.1 Å². The van der Waals surface area contributed by atoms with Crippen LogP contribution in [0.1, 0.15) is 29.5 Å². The van der Waals surface area contributed by atoms with E-state index in [4.69, 9.17) is 4.74 Å². The molecule has 0 spiro atoms. The third-order valence-corrected chi connectivity index (χ3v) is 3.64. The minimum Gasteiger partial charge on any atom is -0.457 e. The topological polar surface area (TPSA) is 21.3 Å². The van der Waals surface area contributed by atoms with E-state index in [0.29, 0.717) is 23.9 Å². The molecular weight excluding hydrogens is 265 g/mol. The molecule has 2 aromatic carbocycles. The van der Waals surface area contributed by atoms with Crippen LogP contribution in [-0.2, 0) is 6.54 Å². The molecule has 0 aliphatic heterocycles. The summed E-state index contributed by atoms with van der Waals surface area (Å²) in [5.74, 6) is 1.13. The van der Waals surface area contributed by atoms with Crippen molar-refractivity contribution < 1.29 is 9.13 Å². The largest absolute Gasteiger partial charge is 0.457 e. The summed E-state index contributed by atoms with van der Waals surface area (Å²) in [5.41, 5.74) is 2.88. The highest BCUT2D eigenvalue weighted by Gasteiger charge is 2.21. The predicted molar refractivity (Wildman–Crippen MR) is 82.3 cm³/mol. The lowest BCUT2D eigenvalue weighted by Gasteiger charge is -2.13. The minimum absolute atomic E-state index is 0.218. The number of hydrogen-bond donors (Lipinski definition) is 1. The van der Waals surface area contributed by atoms with Gasteiger partial charge in [-0.25, -0.2) is 4.39 Å². The summed E-state index contributed by atoms with van der Waals surface area (Å²) in [6.45, 7) is 4.57. The molecular formula is C18H20FNO. The first-order valence-electron chi connectivity index (χ1n) is 7.39. The Morgan fingerprint density at radius 3 is 2.52 bits per heavy atom. The molecule has 1 aliphatic carbocycles. The van der Waals surface area contributed by atoms with Gasteiger partial charge in [0.2, 0.25) is 0 Å². The van der Waals surface area contributed by atoms with Gasteiger partial charge in [0.15, 0.2) is 0 Å². The number of benzene rings is 2. The van der Waals surface area contributed by atoms with E-state index >= 15 is 0 Å². The van der Waals surface area contributed by atoms with Crippen LogP contribution in [0.3, 0.4) is 0 Å². The van der Waals surface area contributed by atoms with E-state index in [1.165, 1.54) is 18.9 Å². The Labute approximate surface area is 125 Å². The van der Waals surface area contributed by atoms with Crippen LogP contribution in [0.4, 0.5) is 4.39 Å². The maximum Gasteiger partial charge on any atom is 0.134 e. The fraction of sp³-hybridized carbons (Fsp3) is 0.333. The fourth-order valence-corrected chi connectivity index (χ4v) is 2.46. The van der Waals surface area contributed by atoms with Crippen LogP contribution >= 0.6 is 0 Å². The normalized spacial score (nSPS) is 14.2. The van der Waals surface area contributed by atoms with Crippen LogP contribution < -0.4 is 10.1 Å². The van der Waals surface area contributed by atoms with Gasteiger partial charge in [0, 0.05) is 18.2 Å². The summed E-state index contributed by atoms with van der Waals surface area (Å²) in [6.07, 6.45) is 2.36. The number of aryl methyl sites for hydroxylation is 2. The molecule has 110 valence electrons. The van der Waals surface area contributed by atoms with E-state index < -0.39 is 0 Å². The lowest BCUT2D eigenvalue weighted by molar-refractivity contribution is 0.461. The third-order valence-electron chi connectivity index (χ3n) is 3.64. The van der Waals surface area contributed by atoms with Gasteiger partial charge in [0.05, 0.1) is 0 Å². The molecule has 3 rings (SSSR count). The van der Waals surface area contributed by atoms with E-state index in [1.54, 1.807) is 6.07 Å². The van der Waals surface area contributed by atoms with Crippen LogP contribution in [0, 0.1) is 19.7 Å². The second kappa shape index (κ2) is 5.86. The predicted octanol–water partition coefficient (Wildman–Crippen LogP) is 4.49. The van der Waals surface area contributed by atoms with Crippen molar-refractivity contribution in [2.75, 3.05) is 0 Å². The maximum absolute atomic E-state index is 14.1. The van der Waals surface area contributed by atoms with Gasteiger partial charge in [0.25, 0.3) is 0 Å². The molecule has 21 heavy (non-hydrogen) atoms. The lowest BCUT2D eigenvalue weighted by atomic mass is 10.1. The second-order valence-electron chi connectivity index (χ2n) is 5.80. The summed E-state index contributed by atoms with van der Waals surface area (Å²) >= 11 is 0. The maximum atomic E-state index is 14.1. The van der Waals surface area contributed by atoms with E-state index in [1.807, 2.05) is 32.0 Å². The Hall–Kier alpha value is -1.87. The van der Waals surface area contributed by atoms with Gasteiger partial charge in [-0.2, -0.15) is 0 Å². The number of ether oxygens (including phenoxy) is 1. The van der Waals surface area contributed by atoms with Crippen LogP contribution in [-0.4, -0.2) is 6.04 Å². The Balaban J connectivity index is 1.84. The standard InChI is InChI=1S/C18H20FNO/c1-12-8-13(2)10-15(9-12)21-18-5-3-4-17(19)16(18)11-20-14-6-7-14/h3-5,8-10,14,20H,6-7,11H2,1-2H3. The van der Waals surface area contributed by atoms with Gasteiger partial charge >= 0.3 is 0 Å². The molecule has 3 heteroatoms. The van der Waals surface area contributed by atoms with Crippen molar-refractivity contribution in [1.82, 2.24) is 5.32 Å². The lowest BCUT2D eigenvalue weighted by Crippen LogP contribution is -2.16. The zero-order valence-electron chi connectivity index (χ0n) is 12.4. The summed E-state index contributed by atoms with van der Waals surface area (Å²) in [6, 6.07) is 11.6. The molecule has 0 unspecified atom stereocenters. The average molecular weight is 285 g/mol. The Morgan fingerprint density at radius 1 is 1.14 bits per heavy atom. The van der Waals surface area contributed by atoms with Crippen molar-refractivity contribution >= 4 is 0 Å². The first kappa shape index (κ1) is 14.1. The molecule has 0 saturated heterocycles. The summed E-state index contributed by atoms with van der Waals surface area (Å²) in [5, 5.41) is 3.34. The highest BCUT2D eigenvalue weighted by atomic mass is 19.1. The van der Waals surface area contributed by atoms with E-state index in [-0.39, 0.29) is 5.82 Å². The molecule has 0 heterocycles. The number of halogens is 1. The molecule has 1 fully saturated rings. The van der Waals surface area contributed by atoms with Crippen LogP contribution in [0.5, 0.6) is 11.5 Å². The van der Waals surface area contributed by atoms with Crippen molar-refractivity contribution in [3.05, 3.63) is 58.9 Å². The summed E-state index contributed by atoms with van der Waals surface area (Å²) in [4.78, 5) is 0. The molecule has 1 aliphatic rings. The third kappa shape index (κ3) is 3.61. The minimum atomic E-state index is -0.218. The Morgan fingerprint density at radius 2 is 1.86 bits per heavy atom. The summed E-state index contributed by atoms with van der Waals surface area (Å²) in [7, 11) is 0. The molecule has 0 amide bonds. The van der Waals surface area contributed by atoms with Crippen LogP contribution in [0.2, 0.25) is 0 Å². The zero-order valence-corrected chi connectivity index (χ0v) is 12.4. The van der Waals surface area contributed by atoms with Gasteiger partial charge in [0.1, 0.15) is 17.3 Å². The van der Waals surface area contributed by atoms with Gasteiger partial charge in [-0.3, -0.25) is 0 Å². The molecule has 0 bridgehead atoms. The van der Waals surface area contributed by atoms with E-state index in [2.05, 4.69) is 11.4 Å². The quantitative estimate of drug-likeness (QED) is 0.874. The van der Waals surface area contributed by atoms with Crippen molar-refractivity contribution in [1.29, 1.82) is 0 Å². The molecule has 0 radical (unpaired) electrons. The molecule has 2 nitrogen and oxygen atoms in total. The highest BCUT2D eigenvalue weighted by molar-refractivity contribution is 5.41. The van der Waals surface area contributed by atoms with Crippen molar-refractivity contribution in [3.63, 3.8) is 0 Å². The van der Waals surface area contributed by atoms with Crippen molar-refractivity contribution in [3.8, 4) is 11.5 Å². The Bertz CT molecular complexity index is 629. The average Bonchev–Trinajstić information content (AvgIpc) is 3.21. The van der Waals surface area contributed by atoms with Crippen LogP contribution in [0.15, 0.2) is 36.4 Å². The first-order chi connectivity index (χ1) is 10.1. The molecule has 2 aromatic rings. The van der Waals surface area contributed by atoms with Gasteiger partial charge in [-0.1, -0.05) is 12.1 Å². The van der Waals surface area contributed by atoms with E-state index in [9.17, 15) is 4.39 Å². The Kier molecular flexibility index (Phi) is 3.93. The van der Waals surface area contributed by atoms with Gasteiger partial charge in [-0.05, 0) is 62.1 Å². The number of rotatable bonds is 5. The molecule has 1 saturated carbocycles. The number of nitrogens with one attached hydrogen (secondary N) is 1.